The molecule has 1 fully saturated rings. The Morgan fingerprint density at radius 3 is 2.72 bits per heavy atom. The van der Waals surface area contributed by atoms with E-state index in [1.54, 1.807) is 16.7 Å². The van der Waals surface area contributed by atoms with Gasteiger partial charge in [0.25, 0.3) is 0 Å². The first-order valence-electron chi connectivity index (χ1n) is 8.84. The van der Waals surface area contributed by atoms with Crippen LogP contribution >= 0.6 is 0 Å². The van der Waals surface area contributed by atoms with Gasteiger partial charge in [-0.25, -0.2) is 4.79 Å². The monoisotopic (exact) mass is 338 g/mol. The zero-order valence-corrected chi connectivity index (χ0v) is 14.1. The summed E-state index contributed by atoms with van der Waals surface area (Å²) in [6, 6.07) is 15.5. The lowest BCUT2D eigenvalue weighted by Crippen LogP contribution is -2.26. The fourth-order valence-electron chi connectivity index (χ4n) is 3.83. The number of fused-ring (bicyclic) bond motifs is 1. The van der Waals surface area contributed by atoms with Crippen LogP contribution in [0, 0.1) is 0 Å². The Balaban J connectivity index is 1.43. The van der Waals surface area contributed by atoms with Crippen molar-refractivity contribution in [1.82, 2.24) is 9.47 Å². The van der Waals surface area contributed by atoms with Gasteiger partial charge in [0.1, 0.15) is 5.75 Å². The van der Waals surface area contributed by atoms with E-state index in [1.807, 2.05) is 36.4 Å². The van der Waals surface area contributed by atoms with Crippen LogP contribution in [0.4, 0.5) is 0 Å². The number of aromatic nitrogens is 1. The van der Waals surface area contributed by atoms with Gasteiger partial charge in [0.05, 0.1) is 5.52 Å². The molecule has 130 valence electrons. The summed E-state index contributed by atoms with van der Waals surface area (Å²) < 4.78 is 7.02. The van der Waals surface area contributed by atoms with Gasteiger partial charge in [-0.2, -0.15) is 0 Å². The predicted molar refractivity (Wildman–Crippen MR) is 96.7 cm³/mol. The van der Waals surface area contributed by atoms with Crippen LogP contribution in [0.5, 0.6) is 5.75 Å². The Labute approximate surface area is 146 Å². The number of benzene rings is 2. The van der Waals surface area contributed by atoms with Crippen molar-refractivity contribution in [2.24, 2.45) is 0 Å². The number of aromatic hydroxyl groups is 1. The molecule has 1 aromatic heterocycles. The number of likely N-dealkylation sites (tertiary alicyclic amines) is 1. The van der Waals surface area contributed by atoms with E-state index in [1.165, 1.54) is 12.0 Å². The molecule has 0 amide bonds. The first-order chi connectivity index (χ1) is 12.2. The molecule has 1 N–H and O–H groups in total. The minimum atomic E-state index is -0.280. The zero-order valence-electron chi connectivity index (χ0n) is 14.1. The van der Waals surface area contributed by atoms with E-state index in [-0.39, 0.29) is 5.76 Å². The second kappa shape index (κ2) is 6.76. The van der Waals surface area contributed by atoms with Crippen LogP contribution in [-0.4, -0.2) is 27.7 Å². The van der Waals surface area contributed by atoms with Crippen LogP contribution < -0.4 is 5.76 Å². The van der Waals surface area contributed by atoms with E-state index in [0.29, 0.717) is 23.9 Å². The van der Waals surface area contributed by atoms with E-state index in [2.05, 4.69) is 4.90 Å². The van der Waals surface area contributed by atoms with Crippen LogP contribution in [0.2, 0.25) is 0 Å². The summed E-state index contributed by atoms with van der Waals surface area (Å²) in [5.74, 6) is 0.0252. The second-order valence-corrected chi connectivity index (χ2v) is 6.63. The summed E-state index contributed by atoms with van der Waals surface area (Å²) in [4.78, 5) is 14.5. The highest BCUT2D eigenvalue weighted by Crippen LogP contribution is 2.32. The average molecular weight is 338 g/mol. The molecule has 0 bridgehead atoms. The minimum absolute atomic E-state index is 0.280. The van der Waals surface area contributed by atoms with Gasteiger partial charge >= 0.3 is 5.76 Å². The molecule has 2 aromatic carbocycles. The SMILES string of the molecule is O=c1oc2ccccc2n1CCCN1CCC[C@H]1c1ccc(O)cc1. The van der Waals surface area contributed by atoms with Crippen molar-refractivity contribution in [3.8, 4) is 5.75 Å². The highest BCUT2D eigenvalue weighted by molar-refractivity contribution is 5.72. The molecule has 0 spiro atoms. The van der Waals surface area contributed by atoms with Crippen molar-refractivity contribution >= 4 is 11.1 Å². The average Bonchev–Trinajstić information content (AvgIpc) is 3.20. The molecule has 5 heteroatoms. The number of phenolic OH excluding ortho intramolecular Hbond substituents is 1. The van der Waals surface area contributed by atoms with Gasteiger partial charge in [0.15, 0.2) is 5.58 Å². The number of nitrogens with zero attached hydrogens (tertiary/aromatic N) is 2. The fourth-order valence-corrected chi connectivity index (χ4v) is 3.83. The molecular formula is C20H22N2O3. The molecule has 0 radical (unpaired) electrons. The molecule has 1 atom stereocenters. The van der Waals surface area contributed by atoms with E-state index in [4.69, 9.17) is 4.42 Å². The van der Waals surface area contributed by atoms with E-state index in [9.17, 15) is 9.90 Å². The Morgan fingerprint density at radius 1 is 1.08 bits per heavy atom. The van der Waals surface area contributed by atoms with Crippen molar-refractivity contribution in [3.63, 3.8) is 0 Å². The summed E-state index contributed by atoms with van der Waals surface area (Å²) >= 11 is 0. The van der Waals surface area contributed by atoms with Crippen LogP contribution in [0.3, 0.4) is 0 Å². The number of aryl methyl sites for hydroxylation is 1. The van der Waals surface area contributed by atoms with Crippen LogP contribution in [0.1, 0.15) is 30.9 Å². The molecule has 1 aliphatic rings. The predicted octanol–water partition coefficient (Wildman–Crippen LogP) is 3.53. The summed E-state index contributed by atoms with van der Waals surface area (Å²) in [5.41, 5.74) is 2.76. The third kappa shape index (κ3) is 3.20. The molecule has 3 aromatic rings. The Bertz CT molecular complexity index is 911. The first kappa shape index (κ1) is 16.0. The quantitative estimate of drug-likeness (QED) is 0.773. The molecule has 4 rings (SSSR count). The third-order valence-electron chi connectivity index (χ3n) is 5.04. The van der Waals surface area contributed by atoms with Gasteiger partial charge in [-0.05, 0) is 55.6 Å². The van der Waals surface area contributed by atoms with Crippen molar-refractivity contribution in [3.05, 3.63) is 64.6 Å². The van der Waals surface area contributed by atoms with E-state index >= 15 is 0 Å². The molecule has 5 nitrogen and oxygen atoms in total. The summed E-state index contributed by atoms with van der Waals surface area (Å²) in [6.07, 6.45) is 3.22. The standard InChI is InChI=1S/C20H22N2O3/c23-16-10-8-15(9-11-16)17-6-3-12-21(17)13-4-14-22-18-5-1-2-7-19(18)25-20(22)24/h1-2,5,7-11,17,23H,3-4,6,12-14H2/t17-/m0/s1. The number of para-hydroxylation sites is 2. The maximum Gasteiger partial charge on any atom is 0.419 e. The van der Waals surface area contributed by atoms with Crippen LogP contribution in [-0.2, 0) is 6.54 Å². The largest absolute Gasteiger partial charge is 0.508 e. The van der Waals surface area contributed by atoms with Gasteiger partial charge < -0.3 is 9.52 Å². The molecule has 0 unspecified atom stereocenters. The third-order valence-corrected chi connectivity index (χ3v) is 5.04. The number of rotatable bonds is 5. The number of hydrogen-bond donors (Lipinski definition) is 1. The Kier molecular flexibility index (Phi) is 4.32. The van der Waals surface area contributed by atoms with Crippen LogP contribution in [0.15, 0.2) is 57.7 Å². The normalized spacial score (nSPS) is 18.2. The molecule has 2 heterocycles. The van der Waals surface area contributed by atoms with Crippen molar-refractivity contribution in [2.75, 3.05) is 13.1 Å². The Morgan fingerprint density at radius 2 is 1.88 bits per heavy atom. The van der Waals surface area contributed by atoms with Gasteiger partial charge in [-0.3, -0.25) is 9.47 Å². The summed E-state index contributed by atoms with van der Waals surface area (Å²) in [5, 5.41) is 9.47. The molecule has 0 saturated carbocycles. The number of hydrogen-bond acceptors (Lipinski definition) is 4. The summed E-state index contributed by atoms with van der Waals surface area (Å²) in [7, 11) is 0. The lowest BCUT2D eigenvalue weighted by atomic mass is 10.0. The van der Waals surface area contributed by atoms with Crippen LogP contribution in [0.25, 0.3) is 11.1 Å². The van der Waals surface area contributed by atoms with Crippen molar-refractivity contribution < 1.29 is 9.52 Å². The number of oxazole rings is 1. The molecular weight excluding hydrogens is 316 g/mol. The summed E-state index contributed by atoms with van der Waals surface area (Å²) in [6.45, 7) is 2.68. The second-order valence-electron chi connectivity index (χ2n) is 6.63. The topological polar surface area (TPSA) is 58.6 Å². The number of phenols is 1. The van der Waals surface area contributed by atoms with E-state index < -0.39 is 0 Å². The van der Waals surface area contributed by atoms with Gasteiger partial charge in [0, 0.05) is 19.1 Å². The molecule has 25 heavy (non-hydrogen) atoms. The fraction of sp³-hybridized carbons (Fsp3) is 0.350. The van der Waals surface area contributed by atoms with Gasteiger partial charge in [0.2, 0.25) is 0 Å². The lowest BCUT2D eigenvalue weighted by Gasteiger charge is -2.24. The smallest absolute Gasteiger partial charge is 0.419 e. The zero-order chi connectivity index (χ0) is 17.2. The maximum absolute atomic E-state index is 12.0. The molecule has 0 aliphatic carbocycles. The molecule has 1 aliphatic heterocycles. The lowest BCUT2D eigenvalue weighted by molar-refractivity contribution is 0.248. The maximum atomic E-state index is 12.0. The van der Waals surface area contributed by atoms with Gasteiger partial charge in [-0.15, -0.1) is 0 Å². The van der Waals surface area contributed by atoms with Crippen molar-refractivity contribution in [1.29, 1.82) is 0 Å². The highest BCUT2D eigenvalue weighted by Gasteiger charge is 2.25. The molecule has 1 saturated heterocycles. The minimum Gasteiger partial charge on any atom is -0.508 e. The highest BCUT2D eigenvalue weighted by atomic mass is 16.4. The van der Waals surface area contributed by atoms with E-state index in [0.717, 1.165) is 31.4 Å². The van der Waals surface area contributed by atoms with Crippen molar-refractivity contribution in [2.45, 2.75) is 31.8 Å². The van der Waals surface area contributed by atoms with Gasteiger partial charge in [-0.1, -0.05) is 24.3 Å². The first-order valence-corrected chi connectivity index (χ1v) is 8.84. The Hall–Kier alpha value is -2.53.